The molecule has 9 nitrogen and oxygen atoms in total. The molecule has 2 aliphatic rings. The van der Waals surface area contributed by atoms with E-state index in [2.05, 4.69) is 16.5 Å². The molecule has 2 fully saturated rings. The van der Waals surface area contributed by atoms with Crippen LogP contribution in [0.5, 0.6) is 0 Å². The molecule has 0 bridgehead atoms. The summed E-state index contributed by atoms with van der Waals surface area (Å²) in [5, 5.41) is 10.7. The fourth-order valence-electron chi connectivity index (χ4n) is 4.03. The number of rotatable bonds is 5. The molecule has 2 aromatic heterocycles. The van der Waals surface area contributed by atoms with Crippen molar-refractivity contribution < 1.29 is 18.9 Å². The lowest BCUT2D eigenvalue weighted by atomic mass is 9.96. The van der Waals surface area contributed by atoms with Gasteiger partial charge in [0.15, 0.2) is 5.76 Å². The lowest BCUT2D eigenvalue weighted by Gasteiger charge is -2.32. The van der Waals surface area contributed by atoms with E-state index in [1.165, 1.54) is 12.1 Å². The summed E-state index contributed by atoms with van der Waals surface area (Å²) in [6, 6.07) is 2.59. The first-order valence-electron chi connectivity index (χ1n) is 9.70. The van der Waals surface area contributed by atoms with Gasteiger partial charge in [-0.2, -0.15) is 0 Å². The molecule has 4 rings (SSSR count). The Hall–Kier alpha value is -2.68. The number of carbonyl (C=O) groups is 1. The molecule has 150 valence electrons. The van der Waals surface area contributed by atoms with Crippen LogP contribution in [0.15, 0.2) is 22.7 Å². The van der Waals surface area contributed by atoms with Crippen LogP contribution in [0, 0.1) is 23.0 Å². The summed E-state index contributed by atoms with van der Waals surface area (Å²) >= 11 is 0. The Morgan fingerprint density at radius 3 is 2.75 bits per heavy atom. The molecular formula is C19H24N4O5. The van der Waals surface area contributed by atoms with E-state index < -0.39 is 10.8 Å². The van der Waals surface area contributed by atoms with Crippen molar-refractivity contribution in [2.75, 3.05) is 19.7 Å². The Balaban J connectivity index is 1.36. The number of furan rings is 1. The van der Waals surface area contributed by atoms with Crippen molar-refractivity contribution in [3.8, 4) is 0 Å². The van der Waals surface area contributed by atoms with E-state index in [1.54, 1.807) is 4.90 Å². The Kier molecular flexibility index (Phi) is 5.17. The summed E-state index contributed by atoms with van der Waals surface area (Å²) in [4.78, 5) is 28.9. The molecule has 1 atom stereocenters. The number of amides is 1. The van der Waals surface area contributed by atoms with Gasteiger partial charge in [0, 0.05) is 38.1 Å². The number of imidazole rings is 1. The third kappa shape index (κ3) is 3.66. The van der Waals surface area contributed by atoms with E-state index in [0.29, 0.717) is 19.0 Å². The highest BCUT2D eigenvalue weighted by Crippen LogP contribution is 2.30. The number of aromatic nitrogens is 2. The highest BCUT2D eigenvalue weighted by molar-refractivity contribution is 5.91. The third-order valence-corrected chi connectivity index (χ3v) is 5.63. The number of hydrogen-bond acceptors (Lipinski definition) is 6. The predicted octanol–water partition coefficient (Wildman–Crippen LogP) is 3.10. The van der Waals surface area contributed by atoms with Gasteiger partial charge < -0.3 is 18.6 Å². The Labute approximate surface area is 162 Å². The Morgan fingerprint density at radius 1 is 1.32 bits per heavy atom. The highest BCUT2D eigenvalue weighted by atomic mass is 16.6. The molecule has 2 aliphatic heterocycles. The highest BCUT2D eigenvalue weighted by Gasteiger charge is 2.29. The minimum absolute atomic E-state index is 0.0243. The van der Waals surface area contributed by atoms with Crippen molar-refractivity contribution >= 4 is 11.8 Å². The second-order valence-electron chi connectivity index (χ2n) is 7.50. The average Bonchev–Trinajstić information content (AvgIpc) is 3.43. The molecule has 1 unspecified atom stereocenters. The van der Waals surface area contributed by atoms with Crippen LogP contribution in [0.2, 0.25) is 0 Å². The number of nitro groups is 1. The topological polar surface area (TPSA) is 104 Å². The van der Waals surface area contributed by atoms with E-state index in [0.717, 1.165) is 50.4 Å². The lowest BCUT2D eigenvalue weighted by Crippen LogP contribution is -2.39. The molecule has 2 saturated heterocycles. The number of ether oxygens (including phenoxy) is 1. The second-order valence-corrected chi connectivity index (χ2v) is 7.50. The van der Waals surface area contributed by atoms with Gasteiger partial charge in [-0.1, -0.05) is 0 Å². The van der Waals surface area contributed by atoms with Gasteiger partial charge in [0.2, 0.25) is 0 Å². The maximum absolute atomic E-state index is 12.5. The van der Waals surface area contributed by atoms with Crippen LogP contribution in [-0.4, -0.2) is 45.0 Å². The maximum atomic E-state index is 12.5. The summed E-state index contributed by atoms with van der Waals surface area (Å²) in [6.07, 6.45) is 5.82. The fraction of sp³-hybridized carbons (Fsp3) is 0.579. The van der Waals surface area contributed by atoms with Crippen molar-refractivity contribution in [1.29, 1.82) is 0 Å². The van der Waals surface area contributed by atoms with Crippen LogP contribution in [0.3, 0.4) is 0 Å². The van der Waals surface area contributed by atoms with E-state index in [1.807, 2.05) is 6.20 Å². The van der Waals surface area contributed by atoms with E-state index >= 15 is 0 Å². The molecule has 1 amide bonds. The first-order chi connectivity index (χ1) is 13.5. The molecule has 0 radical (unpaired) electrons. The van der Waals surface area contributed by atoms with Crippen molar-refractivity contribution in [3.63, 3.8) is 0 Å². The van der Waals surface area contributed by atoms with Crippen LogP contribution in [0.4, 0.5) is 5.88 Å². The molecule has 0 aromatic carbocycles. The predicted molar refractivity (Wildman–Crippen MR) is 98.9 cm³/mol. The van der Waals surface area contributed by atoms with Crippen molar-refractivity contribution in [2.24, 2.45) is 5.92 Å². The van der Waals surface area contributed by atoms with Gasteiger partial charge in [0.05, 0.1) is 6.07 Å². The van der Waals surface area contributed by atoms with Crippen LogP contribution >= 0.6 is 0 Å². The van der Waals surface area contributed by atoms with Crippen LogP contribution in [-0.2, 0) is 11.3 Å². The first-order valence-corrected chi connectivity index (χ1v) is 9.70. The number of piperidine rings is 1. The normalized spacial score (nSPS) is 20.6. The SMILES string of the molecule is Cc1cnc(C2CCCO2)n1CC1CCN(C(=O)c2ccc([N+](=O)[O-])o2)CC1. The summed E-state index contributed by atoms with van der Waals surface area (Å²) in [7, 11) is 0. The molecule has 0 spiro atoms. The largest absolute Gasteiger partial charge is 0.433 e. The van der Waals surface area contributed by atoms with E-state index in [-0.39, 0.29) is 17.8 Å². The molecule has 0 aliphatic carbocycles. The van der Waals surface area contributed by atoms with Crippen LogP contribution in [0.1, 0.15) is 53.9 Å². The molecule has 28 heavy (non-hydrogen) atoms. The van der Waals surface area contributed by atoms with Gasteiger partial charge in [-0.3, -0.25) is 14.9 Å². The van der Waals surface area contributed by atoms with Gasteiger partial charge >= 0.3 is 5.88 Å². The Bertz CT molecular complexity index is 860. The van der Waals surface area contributed by atoms with Crippen molar-refractivity contribution in [3.05, 3.63) is 45.7 Å². The Morgan fingerprint density at radius 2 is 2.11 bits per heavy atom. The quantitative estimate of drug-likeness (QED) is 0.576. The molecule has 0 N–H and O–H groups in total. The minimum Gasteiger partial charge on any atom is -0.395 e. The van der Waals surface area contributed by atoms with Crippen molar-refractivity contribution in [2.45, 2.75) is 45.3 Å². The van der Waals surface area contributed by atoms with Gasteiger partial charge in [0.25, 0.3) is 5.91 Å². The van der Waals surface area contributed by atoms with E-state index in [4.69, 9.17) is 9.15 Å². The summed E-state index contributed by atoms with van der Waals surface area (Å²) in [6.45, 7) is 4.95. The monoisotopic (exact) mass is 388 g/mol. The number of carbonyl (C=O) groups excluding carboxylic acids is 1. The first kappa shape index (κ1) is 18.7. The van der Waals surface area contributed by atoms with Gasteiger partial charge in [-0.25, -0.2) is 4.98 Å². The lowest BCUT2D eigenvalue weighted by molar-refractivity contribution is -0.402. The number of nitrogens with zero attached hydrogens (tertiary/aromatic N) is 4. The van der Waals surface area contributed by atoms with Crippen LogP contribution in [0.25, 0.3) is 0 Å². The number of aryl methyl sites for hydroxylation is 1. The zero-order valence-electron chi connectivity index (χ0n) is 15.9. The molecule has 2 aromatic rings. The maximum Gasteiger partial charge on any atom is 0.433 e. The molecule has 0 saturated carbocycles. The van der Waals surface area contributed by atoms with Gasteiger partial charge in [0.1, 0.15) is 16.9 Å². The molecular weight excluding hydrogens is 364 g/mol. The second kappa shape index (κ2) is 7.75. The zero-order valence-corrected chi connectivity index (χ0v) is 15.9. The van der Waals surface area contributed by atoms with Crippen molar-refractivity contribution in [1.82, 2.24) is 14.5 Å². The third-order valence-electron chi connectivity index (χ3n) is 5.63. The zero-order chi connectivity index (χ0) is 19.7. The van der Waals surface area contributed by atoms with Crippen LogP contribution < -0.4 is 0 Å². The standard InChI is InChI=1S/C19H24N4O5/c1-13-11-20-18(15-3-2-10-27-15)22(13)12-14-6-8-21(9-7-14)19(24)16-4-5-17(28-16)23(25)26/h4-5,11,14-15H,2-3,6-10,12H2,1H3. The summed E-state index contributed by atoms with van der Waals surface area (Å²) in [5.74, 6) is 0.789. The average molecular weight is 388 g/mol. The summed E-state index contributed by atoms with van der Waals surface area (Å²) < 4.78 is 13.1. The minimum atomic E-state index is -0.637. The molecule has 4 heterocycles. The number of hydrogen-bond donors (Lipinski definition) is 0. The molecule has 9 heteroatoms. The van der Waals surface area contributed by atoms with E-state index in [9.17, 15) is 14.9 Å². The smallest absolute Gasteiger partial charge is 0.395 e. The fourth-order valence-corrected chi connectivity index (χ4v) is 4.03. The van der Waals surface area contributed by atoms with Gasteiger partial charge in [-0.05, 0) is 44.6 Å². The number of likely N-dealkylation sites (tertiary alicyclic amines) is 1. The summed E-state index contributed by atoms with van der Waals surface area (Å²) in [5.41, 5.74) is 1.13. The van der Waals surface area contributed by atoms with Gasteiger partial charge in [-0.15, -0.1) is 0 Å².